The van der Waals surface area contributed by atoms with Crippen LogP contribution in [-0.4, -0.2) is 5.78 Å². The van der Waals surface area contributed by atoms with Gasteiger partial charge in [0.05, 0.1) is 5.56 Å². The molecule has 2 aromatic rings. The third-order valence-corrected chi connectivity index (χ3v) is 3.20. The molecule has 0 heterocycles. The Morgan fingerprint density at radius 1 is 1.15 bits per heavy atom. The van der Waals surface area contributed by atoms with Gasteiger partial charge in [0.15, 0.2) is 5.78 Å². The Balaban J connectivity index is 2.33. The van der Waals surface area contributed by atoms with Crippen LogP contribution in [0.15, 0.2) is 42.5 Å². The van der Waals surface area contributed by atoms with E-state index in [4.69, 9.17) is 0 Å². The fraction of sp³-hybridized carbons (Fsp3) is 0.278. The fourth-order valence-corrected chi connectivity index (χ4v) is 2.27. The highest BCUT2D eigenvalue weighted by atomic mass is 19.1. The molecule has 2 aromatic carbocycles. The summed E-state index contributed by atoms with van der Waals surface area (Å²) in [5.74, 6) is -0.186. The fourth-order valence-electron chi connectivity index (χ4n) is 2.27. The quantitative estimate of drug-likeness (QED) is 0.744. The zero-order chi connectivity index (χ0) is 14.7. The van der Waals surface area contributed by atoms with Crippen LogP contribution in [0.25, 0.3) is 0 Å². The van der Waals surface area contributed by atoms with Gasteiger partial charge < -0.3 is 0 Å². The van der Waals surface area contributed by atoms with E-state index in [2.05, 4.69) is 13.8 Å². The van der Waals surface area contributed by atoms with Crippen LogP contribution in [0.5, 0.6) is 0 Å². The lowest BCUT2D eigenvalue weighted by Gasteiger charge is -2.08. The summed E-state index contributed by atoms with van der Waals surface area (Å²) in [6.45, 7) is 6.07. The van der Waals surface area contributed by atoms with E-state index < -0.39 is 5.82 Å². The number of carbonyl (C=O) groups is 1. The number of aryl methyl sites for hydroxylation is 1. The van der Waals surface area contributed by atoms with Crippen LogP contribution in [0.1, 0.15) is 40.9 Å². The molecule has 0 aliphatic heterocycles. The molecule has 0 fully saturated rings. The number of hydrogen-bond donors (Lipinski definition) is 0. The van der Waals surface area contributed by atoms with Crippen LogP contribution in [-0.2, 0) is 6.42 Å². The molecule has 0 saturated carbocycles. The Bertz CT molecular complexity index is 629. The zero-order valence-corrected chi connectivity index (χ0v) is 12.1. The number of rotatable bonds is 4. The molecule has 0 N–H and O–H groups in total. The van der Waals surface area contributed by atoms with Gasteiger partial charge in [0.1, 0.15) is 5.82 Å². The highest BCUT2D eigenvalue weighted by Gasteiger charge is 2.14. The largest absolute Gasteiger partial charge is 0.288 e. The van der Waals surface area contributed by atoms with E-state index in [0.29, 0.717) is 11.5 Å². The second-order valence-electron chi connectivity index (χ2n) is 5.61. The Morgan fingerprint density at radius 3 is 2.55 bits per heavy atom. The molecule has 104 valence electrons. The summed E-state index contributed by atoms with van der Waals surface area (Å²) >= 11 is 0. The highest BCUT2D eigenvalue weighted by molar-refractivity contribution is 6.09. The molecule has 0 aliphatic carbocycles. The molecular weight excluding hydrogens is 251 g/mol. The highest BCUT2D eigenvalue weighted by Crippen LogP contribution is 2.17. The van der Waals surface area contributed by atoms with Crippen LogP contribution < -0.4 is 0 Å². The summed E-state index contributed by atoms with van der Waals surface area (Å²) in [6.07, 6.45) is 0.914. The first-order chi connectivity index (χ1) is 9.47. The van der Waals surface area contributed by atoms with Crippen LogP contribution in [0.3, 0.4) is 0 Å². The first kappa shape index (κ1) is 14.4. The molecule has 0 aromatic heterocycles. The van der Waals surface area contributed by atoms with Gasteiger partial charge in [0, 0.05) is 5.56 Å². The monoisotopic (exact) mass is 270 g/mol. The van der Waals surface area contributed by atoms with E-state index in [0.717, 1.165) is 17.5 Å². The molecule has 0 aliphatic rings. The predicted molar refractivity (Wildman–Crippen MR) is 79.6 cm³/mol. The van der Waals surface area contributed by atoms with E-state index in [1.54, 1.807) is 25.1 Å². The SMILES string of the molecule is Cc1ccc(C(=O)c2cccc(CC(C)C)c2)c(F)c1. The lowest BCUT2D eigenvalue weighted by atomic mass is 9.97. The summed E-state index contributed by atoms with van der Waals surface area (Å²) < 4.78 is 13.9. The number of halogens is 1. The number of ketones is 1. The smallest absolute Gasteiger partial charge is 0.195 e. The normalized spacial score (nSPS) is 10.8. The standard InChI is InChI=1S/C18H19FO/c1-12(2)9-14-5-4-6-15(11-14)18(20)16-8-7-13(3)10-17(16)19/h4-8,10-12H,9H2,1-3H3. The minimum absolute atomic E-state index is 0.136. The summed E-state index contributed by atoms with van der Waals surface area (Å²) in [4.78, 5) is 12.4. The number of carbonyl (C=O) groups excluding carboxylic acids is 1. The van der Waals surface area contributed by atoms with Crippen molar-refractivity contribution in [1.82, 2.24) is 0 Å². The third-order valence-electron chi connectivity index (χ3n) is 3.20. The molecule has 0 radical (unpaired) electrons. The molecule has 1 nitrogen and oxygen atoms in total. The van der Waals surface area contributed by atoms with Crippen molar-refractivity contribution in [2.24, 2.45) is 5.92 Å². The number of benzene rings is 2. The van der Waals surface area contributed by atoms with E-state index in [1.807, 2.05) is 18.2 Å². The van der Waals surface area contributed by atoms with Gasteiger partial charge in [-0.1, -0.05) is 38.1 Å². The van der Waals surface area contributed by atoms with Gasteiger partial charge in [-0.25, -0.2) is 4.39 Å². The summed E-state index contributed by atoms with van der Waals surface area (Å²) in [7, 11) is 0. The molecule has 0 atom stereocenters. The van der Waals surface area contributed by atoms with Crippen LogP contribution >= 0.6 is 0 Å². The lowest BCUT2D eigenvalue weighted by Crippen LogP contribution is -2.05. The van der Waals surface area contributed by atoms with E-state index in [1.165, 1.54) is 6.07 Å². The first-order valence-corrected chi connectivity index (χ1v) is 6.87. The minimum Gasteiger partial charge on any atom is -0.288 e. The summed E-state index contributed by atoms with van der Waals surface area (Å²) in [5.41, 5.74) is 2.61. The number of hydrogen-bond acceptors (Lipinski definition) is 1. The van der Waals surface area contributed by atoms with E-state index in [-0.39, 0.29) is 11.3 Å². The van der Waals surface area contributed by atoms with Gasteiger partial charge in [0.2, 0.25) is 0 Å². The van der Waals surface area contributed by atoms with Crippen molar-refractivity contribution in [3.05, 3.63) is 70.5 Å². The van der Waals surface area contributed by atoms with Crippen molar-refractivity contribution in [3.8, 4) is 0 Å². The van der Waals surface area contributed by atoms with Gasteiger partial charge in [-0.2, -0.15) is 0 Å². The molecule has 2 heteroatoms. The molecule has 0 bridgehead atoms. The van der Waals surface area contributed by atoms with Crippen LogP contribution in [0.4, 0.5) is 4.39 Å². The second kappa shape index (κ2) is 6.00. The minimum atomic E-state index is -0.454. The van der Waals surface area contributed by atoms with Crippen molar-refractivity contribution in [2.45, 2.75) is 27.2 Å². The van der Waals surface area contributed by atoms with Crippen LogP contribution in [0.2, 0.25) is 0 Å². The maximum atomic E-state index is 13.9. The van der Waals surface area contributed by atoms with E-state index in [9.17, 15) is 9.18 Å². The molecule has 2 rings (SSSR count). The van der Waals surface area contributed by atoms with Crippen molar-refractivity contribution < 1.29 is 9.18 Å². The van der Waals surface area contributed by atoms with Gasteiger partial charge in [0.25, 0.3) is 0 Å². The molecule has 0 saturated heterocycles. The topological polar surface area (TPSA) is 17.1 Å². The third kappa shape index (κ3) is 3.32. The zero-order valence-electron chi connectivity index (χ0n) is 12.1. The predicted octanol–water partition coefficient (Wildman–Crippen LogP) is 4.56. The Morgan fingerprint density at radius 2 is 1.90 bits per heavy atom. The van der Waals surface area contributed by atoms with Crippen molar-refractivity contribution in [2.75, 3.05) is 0 Å². The molecule has 20 heavy (non-hydrogen) atoms. The second-order valence-corrected chi connectivity index (χ2v) is 5.61. The molecule has 0 spiro atoms. The lowest BCUT2D eigenvalue weighted by molar-refractivity contribution is 0.103. The Hall–Kier alpha value is -1.96. The van der Waals surface area contributed by atoms with E-state index >= 15 is 0 Å². The average Bonchev–Trinajstić information content (AvgIpc) is 2.37. The molecule has 0 amide bonds. The maximum Gasteiger partial charge on any atom is 0.195 e. The van der Waals surface area contributed by atoms with Gasteiger partial charge in [-0.05, 0) is 48.6 Å². The van der Waals surface area contributed by atoms with Crippen molar-refractivity contribution >= 4 is 5.78 Å². The summed E-state index contributed by atoms with van der Waals surface area (Å²) in [5, 5.41) is 0. The van der Waals surface area contributed by atoms with Gasteiger partial charge in [-0.3, -0.25) is 4.79 Å². The molecular formula is C18H19FO. The summed E-state index contributed by atoms with van der Waals surface area (Å²) in [6, 6.07) is 12.2. The Labute approximate surface area is 119 Å². The maximum absolute atomic E-state index is 13.9. The van der Waals surface area contributed by atoms with Gasteiger partial charge in [-0.15, -0.1) is 0 Å². The van der Waals surface area contributed by atoms with Crippen LogP contribution in [0, 0.1) is 18.7 Å². The average molecular weight is 270 g/mol. The van der Waals surface area contributed by atoms with Crippen molar-refractivity contribution in [1.29, 1.82) is 0 Å². The molecule has 0 unspecified atom stereocenters. The first-order valence-electron chi connectivity index (χ1n) is 6.87. The van der Waals surface area contributed by atoms with Gasteiger partial charge >= 0.3 is 0 Å². The van der Waals surface area contributed by atoms with Crippen molar-refractivity contribution in [3.63, 3.8) is 0 Å². The Kier molecular flexibility index (Phi) is 4.33.